The first-order chi connectivity index (χ1) is 15.6. The molecule has 0 saturated carbocycles. The van der Waals surface area contributed by atoms with Gasteiger partial charge in [0.2, 0.25) is 0 Å². The summed E-state index contributed by atoms with van der Waals surface area (Å²) in [5, 5.41) is 9.75. The van der Waals surface area contributed by atoms with Crippen molar-refractivity contribution in [3.8, 4) is 22.6 Å². The molecule has 1 heterocycles. The van der Waals surface area contributed by atoms with Crippen LogP contribution in [-0.4, -0.2) is 32.7 Å². The fourth-order valence-electron chi connectivity index (χ4n) is 3.14. The quantitative estimate of drug-likeness (QED) is 0.371. The summed E-state index contributed by atoms with van der Waals surface area (Å²) < 4.78 is 68.4. The van der Waals surface area contributed by atoms with Crippen LogP contribution in [-0.2, 0) is 14.8 Å². The number of phenols is 1. The number of esters is 1. The minimum Gasteiger partial charge on any atom is -0.505 e. The minimum atomic E-state index is -4.67. The maximum atomic E-state index is 14.7. The lowest BCUT2D eigenvalue weighted by Gasteiger charge is -2.15. The van der Waals surface area contributed by atoms with Crippen molar-refractivity contribution in [1.82, 2.24) is 0 Å². The van der Waals surface area contributed by atoms with Crippen LogP contribution in [0.25, 0.3) is 11.1 Å². The molecule has 1 aliphatic heterocycles. The van der Waals surface area contributed by atoms with Crippen LogP contribution in [0.3, 0.4) is 0 Å². The summed E-state index contributed by atoms with van der Waals surface area (Å²) in [5.74, 6) is -3.78. The molecule has 4 rings (SSSR count). The Bertz CT molecular complexity index is 1400. The second-order valence-corrected chi connectivity index (χ2v) is 9.82. The van der Waals surface area contributed by atoms with Gasteiger partial charge in [0.15, 0.2) is 5.75 Å². The maximum absolute atomic E-state index is 14.7. The molecule has 3 aromatic carbocycles. The zero-order valence-corrected chi connectivity index (χ0v) is 19.5. The Balaban J connectivity index is 1.95. The number of fused-ring (bicyclic) bond motifs is 6. The van der Waals surface area contributed by atoms with E-state index in [2.05, 4.69) is 15.9 Å². The molecule has 12 heteroatoms. The summed E-state index contributed by atoms with van der Waals surface area (Å²) in [4.78, 5) is 11.6. The number of phenolic OH excluding ortho intramolecular Hbond substituents is 1. The van der Waals surface area contributed by atoms with E-state index in [1.54, 1.807) is 6.07 Å². The number of nitrogens with one attached hydrogen (secondary N) is 1. The van der Waals surface area contributed by atoms with Crippen molar-refractivity contribution >= 4 is 49.2 Å². The second-order valence-electron chi connectivity index (χ2n) is 6.85. The van der Waals surface area contributed by atoms with Gasteiger partial charge in [0.1, 0.15) is 35.5 Å². The third-order valence-electron chi connectivity index (χ3n) is 4.66. The van der Waals surface area contributed by atoms with Gasteiger partial charge in [-0.15, -0.1) is 0 Å². The highest BCUT2D eigenvalue weighted by Gasteiger charge is 2.26. The van der Waals surface area contributed by atoms with Crippen LogP contribution in [0, 0.1) is 11.6 Å². The van der Waals surface area contributed by atoms with E-state index >= 15 is 0 Å². The number of cyclic esters (lactones) is 1. The predicted octanol–water partition coefficient (Wildman–Crippen LogP) is 5.10. The fraction of sp³-hybridized carbons (Fsp3) is 0.0952. The molecule has 172 valence electrons. The summed E-state index contributed by atoms with van der Waals surface area (Å²) in [6, 6.07) is 7.99. The molecule has 0 saturated heterocycles. The van der Waals surface area contributed by atoms with Crippen LogP contribution < -0.4 is 9.46 Å². The SMILES string of the molecule is O=C1OCCOc2ccc(Br)cc2-c2cc(c(F)cc2F)NS(=O)(=O)c2cc1cc(Cl)c2O. The molecule has 0 spiro atoms. The van der Waals surface area contributed by atoms with Crippen molar-refractivity contribution in [3.05, 3.63) is 69.2 Å². The second kappa shape index (κ2) is 8.81. The highest BCUT2D eigenvalue weighted by atomic mass is 79.9. The number of hydrogen-bond donors (Lipinski definition) is 2. The van der Waals surface area contributed by atoms with E-state index in [4.69, 9.17) is 21.1 Å². The number of aromatic hydroxyl groups is 1. The van der Waals surface area contributed by atoms with E-state index in [1.807, 2.05) is 4.72 Å². The van der Waals surface area contributed by atoms with E-state index in [-0.39, 0.29) is 35.7 Å². The third-order valence-corrected chi connectivity index (χ3v) is 6.82. The summed E-state index contributed by atoms with van der Waals surface area (Å²) >= 11 is 9.16. The van der Waals surface area contributed by atoms with Crippen molar-refractivity contribution in [2.45, 2.75) is 4.90 Å². The molecule has 0 unspecified atom stereocenters. The lowest BCUT2D eigenvalue weighted by molar-refractivity contribution is 0.0450. The molecule has 4 bridgehead atoms. The van der Waals surface area contributed by atoms with Crippen LogP contribution in [0.5, 0.6) is 11.5 Å². The number of carbonyl (C=O) groups excluding carboxylic acids is 1. The first kappa shape index (κ1) is 23.3. The first-order valence-electron chi connectivity index (χ1n) is 9.21. The average molecular weight is 561 g/mol. The highest BCUT2D eigenvalue weighted by molar-refractivity contribution is 9.10. The molecular formula is C21H13BrClF2NO6S. The maximum Gasteiger partial charge on any atom is 0.338 e. The van der Waals surface area contributed by atoms with Crippen LogP contribution in [0.15, 0.2) is 51.8 Å². The average Bonchev–Trinajstić information content (AvgIpc) is 2.75. The Kier molecular flexibility index (Phi) is 6.21. The van der Waals surface area contributed by atoms with E-state index in [0.29, 0.717) is 10.5 Å². The van der Waals surface area contributed by atoms with E-state index in [0.717, 1.165) is 18.2 Å². The van der Waals surface area contributed by atoms with Crippen LogP contribution in [0.4, 0.5) is 14.5 Å². The van der Waals surface area contributed by atoms with E-state index in [1.165, 1.54) is 12.1 Å². The van der Waals surface area contributed by atoms with Crippen molar-refractivity contribution in [3.63, 3.8) is 0 Å². The largest absolute Gasteiger partial charge is 0.505 e. The van der Waals surface area contributed by atoms with Gasteiger partial charge in [-0.05, 0) is 36.4 Å². The monoisotopic (exact) mass is 559 g/mol. The minimum absolute atomic E-state index is 0.120. The zero-order valence-electron chi connectivity index (χ0n) is 16.4. The number of anilines is 1. The van der Waals surface area contributed by atoms with Crippen molar-refractivity contribution in [2.75, 3.05) is 17.9 Å². The molecule has 0 fully saturated rings. The number of benzene rings is 3. The van der Waals surface area contributed by atoms with Gasteiger partial charge in [-0.25, -0.2) is 22.0 Å². The van der Waals surface area contributed by atoms with E-state index < -0.39 is 49.0 Å². The van der Waals surface area contributed by atoms with Crippen LogP contribution in [0.1, 0.15) is 10.4 Å². The van der Waals surface area contributed by atoms with Crippen molar-refractivity contribution in [2.24, 2.45) is 0 Å². The van der Waals surface area contributed by atoms with Gasteiger partial charge in [-0.1, -0.05) is 27.5 Å². The Morgan fingerprint density at radius 1 is 1.00 bits per heavy atom. The number of ether oxygens (including phenoxy) is 2. The van der Waals surface area contributed by atoms with Gasteiger partial charge in [0, 0.05) is 21.7 Å². The molecule has 2 N–H and O–H groups in total. The molecule has 33 heavy (non-hydrogen) atoms. The van der Waals surface area contributed by atoms with Gasteiger partial charge in [-0.3, -0.25) is 4.72 Å². The topological polar surface area (TPSA) is 102 Å². The molecule has 0 aromatic heterocycles. The van der Waals surface area contributed by atoms with Gasteiger partial charge < -0.3 is 14.6 Å². The van der Waals surface area contributed by atoms with E-state index in [9.17, 15) is 27.1 Å². The lowest BCUT2D eigenvalue weighted by Crippen LogP contribution is -2.16. The summed E-state index contributed by atoms with van der Waals surface area (Å²) in [6.45, 7) is -0.352. The Morgan fingerprint density at radius 3 is 2.48 bits per heavy atom. The van der Waals surface area contributed by atoms with Gasteiger partial charge in [-0.2, -0.15) is 0 Å². The smallest absolute Gasteiger partial charge is 0.338 e. The Labute approximate surface area is 200 Å². The summed E-state index contributed by atoms with van der Waals surface area (Å²) in [7, 11) is -4.67. The molecule has 0 atom stereocenters. The van der Waals surface area contributed by atoms with Crippen LogP contribution >= 0.6 is 27.5 Å². The third kappa shape index (κ3) is 4.61. The summed E-state index contributed by atoms with van der Waals surface area (Å²) in [5.41, 5.74) is -0.836. The zero-order chi connectivity index (χ0) is 23.9. The van der Waals surface area contributed by atoms with Crippen molar-refractivity contribution < 1.29 is 36.6 Å². The molecule has 0 amide bonds. The molecular weight excluding hydrogens is 548 g/mol. The van der Waals surface area contributed by atoms with Crippen LogP contribution in [0.2, 0.25) is 5.02 Å². The number of rotatable bonds is 0. The molecule has 0 radical (unpaired) electrons. The molecule has 7 nitrogen and oxygen atoms in total. The molecule has 1 aliphatic rings. The number of sulfonamides is 1. The fourth-order valence-corrected chi connectivity index (χ4v) is 4.98. The predicted molar refractivity (Wildman–Crippen MR) is 119 cm³/mol. The molecule has 0 aliphatic carbocycles. The highest BCUT2D eigenvalue weighted by Crippen LogP contribution is 2.38. The van der Waals surface area contributed by atoms with Gasteiger partial charge in [0.05, 0.1) is 16.3 Å². The number of hydrogen-bond acceptors (Lipinski definition) is 6. The number of halogens is 4. The van der Waals surface area contributed by atoms with Crippen molar-refractivity contribution in [1.29, 1.82) is 0 Å². The lowest BCUT2D eigenvalue weighted by atomic mass is 10.0. The van der Waals surface area contributed by atoms with Gasteiger partial charge in [0.25, 0.3) is 10.0 Å². The van der Waals surface area contributed by atoms with Gasteiger partial charge >= 0.3 is 5.97 Å². The Hall–Kier alpha value is -2.89. The Morgan fingerprint density at radius 2 is 1.73 bits per heavy atom. The standard InChI is InChI=1S/C21H13BrClF2NO6S/c22-11-1-2-18-13(7-11)12-8-17(16(25)9-15(12)24)26-33(29,30)19-6-10(5-14(23)20(19)27)21(28)32-4-3-31-18/h1-2,5-9,26-27H,3-4H2. The number of carbonyl (C=O) groups is 1. The molecule has 3 aromatic rings. The first-order valence-corrected chi connectivity index (χ1v) is 11.9. The normalized spacial score (nSPS) is 15.2. The summed E-state index contributed by atoms with van der Waals surface area (Å²) in [6.07, 6.45) is 0.